The number of rotatable bonds is 2. The molecule has 14 heavy (non-hydrogen) atoms. The van der Waals surface area contributed by atoms with Crippen LogP contribution in [-0.2, 0) is 0 Å². The summed E-state index contributed by atoms with van der Waals surface area (Å²) in [6.45, 7) is 10.6. The Labute approximate surface area is 89.2 Å². The standard InChI is InChI=1S/C11H19B2N/c1-5-8-9(6(2)3)10(12)7(4)11(13)14-8/h5-6,8,14H,1,12-13H2,2-4H3. The summed E-state index contributed by atoms with van der Waals surface area (Å²) in [4.78, 5) is 0. The highest BCUT2D eigenvalue weighted by Crippen LogP contribution is 2.27. The van der Waals surface area contributed by atoms with E-state index in [1.165, 1.54) is 22.2 Å². The predicted molar refractivity (Wildman–Crippen MR) is 68.8 cm³/mol. The molecule has 0 radical (unpaired) electrons. The first-order chi connectivity index (χ1) is 6.49. The Bertz CT molecular complexity index is 313. The largest absolute Gasteiger partial charge is 0.387 e. The van der Waals surface area contributed by atoms with Crippen LogP contribution < -0.4 is 5.32 Å². The van der Waals surface area contributed by atoms with Gasteiger partial charge in [0.2, 0.25) is 0 Å². The monoisotopic (exact) mass is 187 g/mol. The smallest absolute Gasteiger partial charge is 0.160 e. The quantitative estimate of drug-likeness (QED) is 0.491. The summed E-state index contributed by atoms with van der Waals surface area (Å²) in [5, 5.41) is 3.48. The van der Waals surface area contributed by atoms with Crippen molar-refractivity contribution < 1.29 is 0 Å². The third-order valence-corrected chi connectivity index (χ3v) is 3.12. The van der Waals surface area contributed by atoms with E-state index in [0.29, 0.717) is 12.0 Å². The van der Waals surface area contributed by atoms with Gasteiger partial charge in [-0.3, -0.25) is 0 Å². The Hall–Kier alpha value is -0.850. The highest BCUT2D eigenvalue weighted by atomic mass is 14.9. The van der Waals surface area contributed by atoms with Crippen molar-refractivity contribution in [3.8, 4) is 0 Å². The molecule has 0 fully saturated rings. The molecule has 1 heterocycles. The summed E-state index contributed by atoms with van der Waals surface area (Å²) in [6.07, 6.45) is 1.99. The second kappa shape index (κ2) is 4.12. The predicted octanol–water partition coefficient (Wildman–Crippen LogP) is 0.552. The zero-order valence-electron chi connectivity index (χ0n) is 9.94. The molecule has 1 atom stereocenters. The fraction of sp³-hybridized carbons (Fsp3) is 0.455. The van der Waals surface area contributed by atoms with Gasteiger partial charge in [-0.2, -0.15) is 0 Å². The average Bonchev–Trinajstić information content (AvgIpc) is 2.12. The van der Waals surface area contributed by atoms with E-state index in [0.717, 1.165) is 0 Å². The highest BCUT2D eigenvalue weighted by Gasteiger charge is 2.21. The molecule has 3 heteroatoms. The fourth-order valence-corrected chi connectivity index (χ4v) is 2.13. The van der Waals surface area contributed by atoms with Gasteiger partial charge in [-0.05, 0) is 29.6 Å². The highest BCUT2D eigenvalue weighted by molar-refractivity contribution is 6.29. The maximum absolute atomic E-state index is 3.89. The Morgan fingerprint density at radius 3 is 2.43 bits per heavy atom. The molecule has 1 unspecified atom stereocenters. The molecule has 0 aromatic heterocycles. The third-order valence-electron chi connectivity index (χ3n) is 3.12. The summed E-state index contributed by atoms with van der Waals surface area (Å²) in [5.74, 6) is 0.577. The summed E-state index contributed by atoms with van der Waals surface area (Å²) >= 11 is 0. The number of hydrogen-bond donors (Lipinski definition) is 1. The van der Waals surface area contributed by atoms with E-state index in [4.69, 9.17) is 0 Å². The number of hydrogen-bond acceptors (Lipinski definition) is 1. The second-order valence-corrected chi connectivity index (χ2v) is 4.34. The van der Waals surface area contributed by atoms with Crippen molar-refractivity contribution in [2.45, 2.75) is 26.8 Å². The lowest BCUT2D eigenvalue weighted by molar-refractivity contribution is 0.636. The number of allylic oxidation sites excluding steroid dienone is 2. The van der Waals surface area contributed by atoms with E-state index in [1.807, 2.05) is 6.08 Å². The summed E-state index contributed by atoms with van der Waals surface area (Å²) in [7, 11) is 4.35. The molecular weight excluding hydrogens is 168 g/mol. The maximum Gasteiger partial charge on any atom is 0.160 e. The van der Waals surface area contributed by atoms with Crippen molar-refractivity contribution in [2.75, 3.05) is 0 Å². The van der Waals surface area contributed by atoms with Gasteiger partial charge >= 0.3 is 0 Å². The molecular formula is C11H19B2N. The van der Waals surface area contributed by atoms with Crippen molar-refractivity contribution in [1.29, 1.82) is 0 Å². The Kier molecular flexibility index (Phi) is 3.30. The van der Waals surface area contributed by atoms with Gasteiger partial charge in [-0.25, -0.2) is 0 Å². The SMILES string of the molecule is BC1=C(C)C(B)=C(C(C)C)C(C=C)N1. The second-order valence-electron chi connectivity index (χ2n) is 4.34. The van der Waals surface area contributed by atoms with E-state index in [-0.39, 0.29) is 0 Å². The topological polar surface area (TPSA) is 12.0 Å². The molecule has 1 aliphatic heterocycles. The molecule has 0 saturated carbocycles. The maximum atomic E-state index is 3.89. The Morgan fingerprint density at radius 1 is 1.43 bits per heavy atom. The minimum Gasteiger partial charge on any atom is -0.387 e. The molecule has 1 N–H and O–H groups in total. The molecule has 1 nitrogen and oxygen atoms in total. The van der Waals surface area contributed by atoms with Crippen LogP contribution in [0.2, 0.25) is 0 Å². The average molecular weight is 187 g/mol. The van der Waals surface area contributed by atoms with E-state index in [9.17, 15) is 0 Å². The van der Waals surface area contributed by atoms with Gasteiger partial charge in [-0.15, -0.1) is 6.58 Å². The van der Waals surface area contributed by atoms with Crippen molar-refractivity contribution in [3.05, 3.63) is 34.9 Å². The lowest BCUT2D eigenvalue weighted by Gasteiger charge is -2.32. The lowest BCUT2D eigenvalue weighted by atomic mass is 9.72. The van der Waals surface area contributed by atoms with Crippen molar-refractivity contribution in [2.24, 2.45) is 5.92 Å². The van der Waals surface area contributed by atoms with Crippen LogP contribution in [0.3, 0.4) is 0 Å². The van der Waals surface area contributed by atoms with Crippen LogP contribution in [0.5, 0.6) is 0 Å². The molecule has 0 saturated heterocycles. The normalized spacial score (nSPS) is 22.7. The van der Waals surface area contributed by atoms with Gasteiger partial charge in [0.05, 0.1) is 6.04 Å². The van der Waals surface area contributed by atoms with Crippen LogP contribution in [0.25, 0.3) is 0 Å². The van der Waals surface area contributed by atoms with Gasteiger partial charge in [0.1, 0.15) is 7.85 Å². The molecule has 0 aliphatic carbocycles. The molecule has 74 valence electrons. The molecule has 0 amide bonds. The van der Waals surface area contributed by atoms with Gasteiger partial charge < -0.3 is 5.32 Å². The van der Waals surface area contributed by atoms with Gasteiger partial charge in [0.25, 0.3) is 0 Å². The van der Waals surface area contributed by atoms with E-state index in [2.05, 4.69) is 48.4 Å². The number of dihydropyridines is 1. The Morgan fingerprint density at radius 2 is 2.00 bits per heavy atom. The molecule has 1 aliphatic rings. The summed E-state index contributed by atoms with van der Waals surface area (Å²) < 4.78 is 0. The first kappa shape index (κ1) is 11.2. The molecule has 0 spiro atoms. The summed E-state index contributed by atoms with van der Waals surface area (Å²) in [5.41, 5.74) is 5.56. The van der Waals surface area contributed by atoms with E-state index >= 15 is 0 Å². The van der Waals surface area contributed by atoms with Crippen LogP contribution in [0.15, 0.2) is 34.9 Å². The molecule has 1 rings (SSSR count). The van der Waals surface area contributed by atoms with Gasteiger partial charge in [-0.1, -0.05) is 25.4 Å². The third kappa shape index (κ3) is 1.82. The number of nitrogens with one attached hydrogen (secondary N) is 1. The van der Waals surface area contributed by atoms with Crippen LogP contribution in [0.1, 0.15) is 20.8 Å². The van der Waals surface area contributed by atoms with Crippen molar-refractivity contribution >= 4 is 15.7 Å². The van der Waals surface area contributed by atoms with Crippen LogP contribution >= 0.6 is 0 Å². The van der Waals surface area contributed by atoms with Gasteiger partial charge in [0, 0.05) is 0 Å². The fourth-order valence-electron chi connectivity index (χ4n) is 2.13. The van der Waals surface area contributed by atoms with Crippen molar-refractivity contribution in [3.63, 3.8) is 0 Å². The molecule has 0 aromatic rings. The minimum absolute atomic E-state index is 0.318. The van der Waals surface area contributed by atoms with Gasteiger partial charge in [0.15, 0.2) is 7.85 Å². The van der Waals surface area contributed by atoms with Crippen LogP contribution in [0, 0.1) is 5.92 Å². The first-order valence-electron chi connectivity index (χ1n) is 5.26. The van der Waals surface area contributed by atoms with E-state index < -0.39 is 0 Å². The van der Waals surface area contributed by atoms with Crippen LogP contribution in [0.4, 0.5) is 0 Å². The van der Waals surface area contributed by atoms with Crippen LogP contribution in [-0.4, -0.2) is 21.7 Å². The summed E-state index contributed by atoms with van der Waals surface area (Å²) in [6, 6.07) is 0.318. The Balaban J connectivity index is 3.21. The van der Waals surface area contributed by atoms with E-state index in [1.54, 1.807) is 0 Å². The minimum atomic E-state index is 0.318. The zero-order chi connectivity index (χ0) is 10.9. The lowest BCUT2D eigenvalue weighted by Crippen LogP contribution is -2.36. The first-order valence-corrected chi connectivity index (χ1v) is 5.26. The van der Waals surface area contributed by atoms with Crippen molar-refractivity contribution in [1.82, 2.24) is 5.32 Å². The zero-order valence-corrected chi connectivity index (χ0v) is 9.94. The molecule has 0 aromatic carbocycles. The molecule has 0 bridgehead atoms.